The summed E-state index contributed by atoms with van der Waals surface area (Å²) in [5.74, 6) is -1.05. The second-order valence-corrected chi connectivity index (χ2v) is 6.45. The molecule has 0 bridgehead atoms. The Morgan fingerprint density at radius 2 is 1.48 bits per heavy atom. The van der Waals surface area contributed by atoms with E-state index in [2.05, 4.69) is 0 Å². The van der Waals surface area contributed by atoms with E-state index in [1.165, 1.54) is 48.5 Å². The molecule has 2 aromatic rings. The molecule has 1 heterocycles. The minimum absolute atomic E-state index is 0.0654. The molecule has 0 aromatic heterocycles. The van der Waals surface area contributed by atoms with Gasteiger partial charge in [-0.05, 0) is 61.4 Å². The Morgan fingerprint density at radius 1 is 0.960 bits per heavy atom. The number of hydrogen-bond acceptors (Lipinski definition) is 2. The van der Waals surface area contributed by atoms with Gasteiger partial charge in [-0.25, -0.2) is 8.78 Å². The second kappa shape index (κ2) is 6.75. The quantitative estimate of drug-likeness (QED) is 0.784. The van der Waals surface area contributed by atoms with Crippen molar-refractivity contribution in [1.82, 2.24) is 4.90 Å². The standard InChI is InChI=1S/C20H19F2NO2/c1-2-20(18(24)14-3-7-16(21)8-4-14)11-12-23(13-20)19(25)15-5-9-17(22)10-6-15/h3-10H,2,11-13H2,1H3. The molecule has 1 aliphatic heterocycles. The molecule has 1 fully saturated rings. The Labute approximate surface area is 145 Å². The van der Waals surface area contributed by atoms with Crippen molar-refractivity contribution in [1.29, 1.82) is 0 Å². The number of Topliss-reactive ketones (excluding diaryl/α,β-unsaturated/α-hetero) is 1. The number of carbonyl (C=O) groups is 2. The van der Waals surface area contributed by atoms with Crippen molar-refractivity contribution in [3.63, 3.8) is 0 Å². The van der Waals surface area contributed by atoms with Crippen molar-refractivity contribution >= 4 is 11.7 Å². The first kappa shape index (κ1) is 17.3. The van der Waals surface area contributed by atoms with Gasteiger partial charge >= 0.3 is 0 Å². The van der Waals surface area contributed by atoms with E-state index in [1.54, 1.807) is 4.90 Å². The first-order valence-electron chi connectivity index (χ1n) is 8.30. The summed E-state index contributed by atoms with van der Waals surface area (Å²) in [6, 6.07) is 10.9. The van der Waals surface area contributed by atoms with E-state index >= 15 is 0 Å². The topological polar surface area (TPSA) is 37.4 Å². The van der Waals surface area contributed by atoms with Crippen LogP contribution in [0.3, 0.4) is 0 Å². The highest BCUT2D eigenvalue weighted by Crippen LogP contribution is 2.38. The van der Waals surface area contributed by atoms with Crippen LogP contribution in [0.15, 0.2) is 48.5 Å². The lowest BCUT2D eigenvalue weighted by atomic mass is 9.77. The highest BCUT2D eigenvalue weighted by molar-refractivity contribution is 6.02. The van der Waals surface area contributed by atoms with Crippen molar-refractivity contribution in [2.24, 2.45) is 5.41 Å². The first-order valence-corrected chi connectivity index (χ1v) is 8.30. The smallest absolute Gasteiger partial charge is 0.253 e. The van der Waals surface area contributed by atoms with E-state index in [4.69, 9.17) is 0 Å². The first-order chi connectivity index (χ1) is 11.9. The van der Waals surface area contributed by atoms with Gasteiger partial charge in [0, 0.05) is 24.2 Å². The number of amides is 1. The van der Waals surface area contributed by atoms with Crippen LogP contribution in [-0.2, 0) is 0 Å². The molecule has 5 heteroatoms. The number of hydrogen-bond donors (Lipinski definition) is 0. The maximum atomic E-state index is 13.1. The fraction of sp³-hybridized carbons (Fsp3) is 0.300. The molecule has 0 N–H and O–H groups in total. The molecule has 3 nitrogen and oxygen atoms in total. The van der Waals surface area contributed by atoms with Crippen molar-refractivity contribution in [3.8, 4) is 0 Å². The van der Waals surface area contributed by atoms with E-state index in [0.717, 1.165) is 0 Å². The summed E-state index contributed by atoms with van der Waals surface area (Å²) < 4.78 is 26.1. The highest BCUT2D eigenvalue weighted by atomic mass is 19.1. The van der Waals surface area contributed by atoms with E-state index in [9.17, 15) is 18.4 Å². The predicted octanol–water partition coefficient (Wildman–Crippen LogP) is 4.09. The van der Waals surface area contributed by atoms with E-state index in [-0.39, 0.29) is 17.5 Å². The predicted molar refractivity (Wildman–Crippen MR) is 90.4 cm³/mol. The van der Waals surface area contributed by atoms with Gasteiger partial charge in [0.2, 0.25) is 0 Å². The average molecular weight is 343 g/mol. The van der Waals surface area contributed by atoms with Gasteiger partial charge in [0.15, 0.2) is 5.78 Å². The third kappa shape index (κ3) is 3.31. The largest absolute Gasteiger partial charge is 0.338 e. The van der Waals surface area contributed by atoms with Gasteiger partial charge in [-0.2, -0.15) is 0 Å². The zero-order valence-corrected chi connectivity index (χ0v) is 14.0. The van der Waals surface area contributed by atoms with Gasteiger partial charge in [0.05, 0.1) is 5.41 Å². The summed E-state index contributed by atoms with van der Waals surface area (Å²) in [4.78, 5) is 27.2. The molecule has 1 saturated heterocycles. The molecular formula is C20H19F2NO2. The van der Waals surface area contributed by atoms with E-state index < -0.39 is 11.2 Å². The van der Waals surface area contributed by atoms with Gasteiger partial charge in [0.1, 0.15) is 11.6 Å². The summed E-state index contributed by atoms with van der Waals surface area (Å²) in [6.45, 7) is 2.71. The fourth-order valence-corrected chi connectivity index (χ4v) is 3.36. The number of ketones is 1. The average Bonchev–Trinajstić information content (AvgIpc) is 3.08. The van der Waals surface area contributed by atoms with Crippen LogP contribution in [0.5, 0.6) is 0 Å². The Balaban J connectivity index is 1.80. The number of benzene rings is 2. The minimum atomic E-state index is -0.659. The third-order valence-corrected chi connectivity index (χ3v) is 5.00. The maximum absolute atomic E-state index is 13.1. The van der Waals surface area contributed by atoms with E-state index in [1.807, 2.05) is 6.92 Å². The Bertz CT molecular complexity index is 786. The molecule has 130 valence electrons. The van der Waals surface area contributed by atoms with Crippen LogP contribution in [0.25, 0.3) is 0 Å². The molecule has 25 heavy (non-hydrogen) atoms. The molecule has 0 radical (unpaired) electrons. The number of nitrogens with zero attached hydrogens (tertiary/aromatic N) is 1. The molecule has 1 aliphatic rings. The summed E-state index contributed by atoms with van der Waals surface area (Å²) >= 11 is 0. The molecule has 1 atom stereocenters. The van der Waals surface area contributed by atoms with Crippen molar-refractivity contribution in [2.45, 2.75) is 19.8 Å². The van der Waals surface area contributed by atoms with Gasteiger partial charge in [-0.15, -0.1) is 0 Å². The van der Waals surface area contributed by atoms with Crippen LogP contribution in [0, 0.1) is 17.0 Å². The number of carbonyl (C=O) groups excluding carboxylic acids is 2. The SMILES string of the molecule is CCC1(C(=O)c2ccc(F)cc2)CCN(C(=O)c2ccc(F)cc2)C1. The molecule has 1 unspecified atom stereocenters. The molecule has 0 saturated carbocycles. The van der Waals surface area contributed by atoms with E-state index in [0.29, 0.717) is 37.1 Å². The zero-order chi connectivity index (χ0) is 18.0. The van der Waals surface area contributed by atoms with Gasteiger partial charge in [-0.3, -0.25) is 9.59 Å². The van der Waals surface area contributed by atoms with Gasteiger partial charge < -0.3 is 4.90 Å². The molecule has 0 spiro atoms. The summed E-state index contributed by atoms with van der Waals surface area (Å²) in [6.07, 6.45) is 1.16. The summed E-state index contributed by atoms with van der Waals surface area (Å²) in [5.41, 5.74) is 0.204. The molecular weight excluding hydrogens is 324 g/mol. The molecule has 2 aromatic carbocycles. The number of likely N-dealkylation sites (tertiary alicyclic amines) is 1. The van der Waals surface area contributed by atoms with Crippen molar-refractivity contribution in [3.05, 3.63) is 71.3 Å². The third-order valence-electron chi connectivity index (χ3n) is 5.00. The lowest BCUT2D eigenvalue weighted by Gasteiger charge is -2.26. The normalized spacial score (nSPS) is 19.9. The molecule has 1 amide bonds. The summed E-state index contributed by atoms with van der Waals surface area (Å²) in [5, 5.41) is 0. The lowest BCUT2D eigenvalue weighted by Crippen LogP contribution is -2.36. The maximum Gasteiger partial charge on any atom is 0.253 e. The Kier molecular flexibility index (Phi) is 4.66. The number of halogens is 2. The van der Waals surface area contributed by atoms with Crippen LogP contribution >= 0.6 is 0 Å². The highest BCUT2D eigenvalue weighted by Gasteiger charge is 2.44. The van der Waals surface area contributed by atoms with Crippen molar-refractivity contribution in [2.75, 3.05) is 13.1 Å². The molecule has 3 rings (SSSR count). The fourth-order valence-electron chi connectivity index (χ4n) is 3.36. The van der Waals surface area contributed by atoms with Crippen LogP contribution in [-0.4, -0.2) is 29.7 Å². The lowest BCUT2D eigenvalue weighted by molar-refractivity contribution is 0.0724. The van der Waals surface area contributed by atoms with Crippen LogP contribution in [0.2, 0.25) is 0 Å². The Morgan fingerprint density at radius 3 is 2.00 bits per heavy atom. The summed E-state index contributed by atoms with van der Waals surface area (Å²) in [7, 11) is 0. The van der Waals surface area contributed by atoms with Crippen LogP contribution < -0.4 is 0 Å². The van der Waals surface area contributed by atoms with Gasteiger partial charge in [0.25, 0.3) is 5.91 Å². The van der Waals surface area contributed by atoms with Crippen molar-refractivity contribution < 1.29 is 18.4 Å². The van der Waals surface area contributed by atoms with Gasteiger partial charge in [-0.1, -0.05) is 6.92 Å². The number of rotatable bonds is 4. The second-order valence-electron chi connectivity index (χ2n) is 6.45. The zero-order valence-electron chi connectivity index (χ0n) is 14.0. The van der Waals surface area contributed by atoms with Crippen LogP contribution in [0.1, 0.15) is 40.5 Å². The molecule has 0 aliphatic carbocycles. The van der Waals surface area contributed by atoms with Crippen LogP contribution in [0.4, 0.5) is 8.78 Å². The monoisotopic (exact) mass is 343 g/mol. The Hall–Kier alpha value is -2.56. The minimum Gasteiger partial charge on any atom is -0.338 e.